The third kappa shape index (κ3) is 8.42. The number of nitrogens with one attached hydrogen (secondary N) is 1. The number of ether oxygens (including phenoxy) is 1. The molecule has 0 aliphatic heterocycles. The molecule has 0 saturated heterocycles. The highest BCUT2D eigenvalue weighted by Crippen LogP contribution is 2.67. The molecule has 5 N–H and O–H groups in total. The summed E-state index contributed by atoms with van der Waals surface area (Å²) in [5.41, 5.74) is 13.8. The van der Waals surface area contributed by atoms with Gasteiger partial charge in [0.25, 0.3) is 0 Å². The predicted octanol–water partition coefficient (Wildman–Crippen LogP) is 7.90. The van der Waals surface area contributed by atoms with Gasteiger partial charge in [0.2, 0.25) is 0 Å². The number of allylic oxidation sites excluding steroid dienone is 1. The number of fused-ring (bicyclic) bond motifs is 5. The fourth-order valence-electron chi connectivity index (χ4n) is 10.5. The molecule has 0 radical (unpaired) electrons. The molecule has 0 heterocycles. The lowest BCUT2D eigenvalue weighted by Gasteiger charge is -2.58. The van der Waals surface area contributed by atoms with Crippen molar-refractivity contribution in [3.63, 3.8) is 0 Å². The van der Waals surface area contributed by atoms with E-state index in [0.717, 1.165) is 107 Å². The molecule has 4 rings (SSSR count). The van der Waals surface area contributed by atoms with Gasteiger partial charge in [0.1, 0.15) is 6.10 Å². The maximum absolute atomic E-state index is 13.3. The zero-order valence-electron chi connectivity index (χ0n) is 29.4. The first-order valence-electron chi connectivity index (χ1n) is 18.9. The molecule has 4 aliphatic rings. The second-order valence-corrected chi connectivity index (χ2v) is 16.3. The summed E-state index contributed by atoms with van der Waals surface area (Å²) < 4.78 is 6.24. The van der Waals surface area contributed by atoms with Crippen molar-refractivity contribution in [3.05, 3.63) is 11.6 Å². The smallest absolute Gasteiger partial charge is 0.410 e. The lowest BCUT2D eigenvalue weighted by atomic mass is 9.47. The number of hydrogen-bond donors (Lipinski definition) is 3. The van der Waals surface area contributed by atoms with Crippen LogP contribution in [-0.2, 0) is 4.74 Å². The van der Waals surface area contributed by atoms with E-state index in [1.165, 1.54) is 51.4 Å². The highest BCUT2D eigenvalue weighted by atomic mass is 16.6. The van der Waals surface area contributed by atoms with Crippen molar-refractivity contribution in [1.82, 2.24) is 10.2 Å². The van der Waals surface area contributed by atoms with Crippen LogP contribution in [0, 0.1) is 46.3 Å². The highest BCUT2D eigenvalue weighted by Gasteiger charge is 2.59. The first-order valence-corrected chi connectivity index (χ1v) is 18.9. The standard InChI is InChI=1S/C38H70N4O2/c1-28(2)11-8-12-29(3)33-15-16-34-32-14-13-30-27-31(17-19-37(30,4)35(32)18-20-38(33,34)5)44-36(43)42(26-10-22-40)25-7-6-23-41-24-9-21-39/h13,28-29,31-35,41H,6-12,14-27,39-40H2,1-5H3/t29?,31-,32?,33?,34?,35?,37?,38?/m0/s1. The summed E-state index contributed by atoms with van der Waals surface area (Å²) in [5, 5.41) is 3.44. The van der Waals surface area contributed by atoms with Crippen molar-refractivity contribution in [2.45, 2.75) is 137 Å². The van der Waals surface area contributed by atoms with Crippen LogP contribution in [-0.4, -0.2) is 56.4 Å². The number of nitrogens with two attached hydrogens (primary N) is 2. The number of carbonyl (C=O) groups is 1. The molecule has 6 heteroatoms. The minimum atomic E-state index is -0.134. The summed E-state index contributed by atoms with van der Waals surface area (Å²) in [5.74, 6) is 5.11. The summed E-state index contributed by atoms with van der Waals surface area (Å²) in [6, 6.07) is 0. The van der Waals surface area contributed by atoms with Crippen molar-refractivity contribution in [1.29, 1.82) is 0 Å². The van der Waals surface area contributed by atoms with Gasteiger partial charge in [-0.3, -0.25) is 0 Å². The molecule has 3 saturated carbocycles. The minimum Gasteiger partial charge on any atom is -0.446 e. The summed E-state index contributed by atoms with van der Waals surface area (Å²) in [6.45, 7) is 17.3. The lowest BCUT2D eigenvalue weighted by molar-refractivity contribution is -0.0593. The lowest BCUT2D eigenvalue weighted by Crippen LogP contribution is -2.51. The molecule has 254 valence electrons. The molecule has 6 nitrogen and oxygen atoms in total. The maximum Gasteiger partial charge on any atom is 0.410 e. The Morgan fingerprint density at radius 1 is 0.932 bits per heavy atom. The van der Waals surface area contributed by atoms with E-state index in [4.69, 9.17) is 16.2 Å². The van der Waals surface area contributed by atoms with Gasteiger partial charge in [-0.15, -0.1) is 0 Å². The Bertz CT molecular complexity index is 923. The third-order valence-corrected chi connectivity index (χ3v) is 13.0. The van der Waals surface area contributed by atoms with Gasteiger partial charge in [0.05, 0.1) is 0 Å². The fraction of sp³-hybridized carbons (Fsp3) is 0.921. The van der Waals surface area contributed by atoms with E-state index >= 15 is 0 Å². The molecule has 8 atom stereocenters. The quantitative estimate of drug-likeness (QED) is 0.114. The van der Waals surface area contributed by atoms with Gasteiger partial charge in [-0.25, -0.2) is 4.79 Å². The Labute approximate surface area is 271 Å². The molecule has 44 heavy (non-hydrogen) atoms. The third-order valence-electron chi connectivity index (χ3n) is 13.0. The van der Waals surface area contributed by atoms with Gasteiger partial charge in [-0.2, -0.15) is 0 Å². The SMILES string of the molecule is CC(C)CCCC(C)C1CCC2C3CC=C4C[C@@H](OC(=O)N(CCCN)CCCCNCCCN)CCC4(C)C3CCC12C. The molecular weight excluding hydrogens is 544 g/mol. The number of amides is 1. The fourth-order valence-corrected chi connectivity index (χ4v) is 10.5. The van der Waals surface area contributed by atoms with E-state index in [1.807, 2.05) is 4.90 Å². The molecule has 3 fully saturated rings. The average molecular weight is 615 g/mol. The van der Waals surface area contributed by atoms with Crippen LogP contribution >= 0.6 is 0 Å². The Morgan fingerprint density at radius 3 is 2.43 bits per heavy atom. The predicted molar refractivity (Wildman–Crippen MR) is 184 cm³/mol. The average Bonchev–Trinajstić information content (AvgIpc) is 3.35. The van der Waals surface area contributed by atoms with E-state index in [-0.39, 0.29) is 17.6 Å². The number of hydrogen-bond acceptors (Lipinski definition) is 5. The molecule has 0 aromatic rings. The Kier molecular flexibility index (Phi) is 13.5. The molecule has 0 spiro atoms. The molecular formula is C38H70N4O2. The van der Waals surface area contributed by atoms with E-state index in [1.54, 1.807) is 5.57 Å². The normalized spacial score (nSPS) is 33.7. The summed E-state index contributed by atoms with van der Waals surface area (Å²) in [7, 11) is 0. The van der Waals surface area contributed by atoms with E-state index in [2.05, 4.69) is 46.0 Å². The Hall–Kier alpha value is -1.11. The van der Waals surface area contributed by atoms with Crippen molar-refractivity contribution >= 4 is 6.09 Å². The van der Waals surface area contributed by atoms with Gasteiger partial charge in [0.15, 0.2) is 0 Å². The summed E-state index contributed by atoms with van der Waals surface area (Å²) in [4.78, 5) is 15.3. The van der Waals surface area contributed by atoms with Gasteiger partial charge in [-0.05, 0) is 143 Å². The van der Waals surface area contributed by atoms with Crippen LogP contribution in [0.1, 0.15) is 131 Å². The van der Waals surface area contributed by atoms with E-state index < -0.39 is 0 Å². The van der Waals surface area contributed by atoms with Gasteiger partial charge >= 0.3 is 6.09 Å². The van der Waals surface area contributed by atoms with Crippen LogP contribution in [0.25, 0.3) is 0 Å². The second kappa shape index (κ2) is 16.6. The Balaban J connectivity index is 1.32. The monoisotopic (exact) mass is 615 g/mol. The van der Waals surface area contributed by atoms with Crippen LogP contribution in [0.2, 0.25) is 0 Å². The zero-order chi connectivity index (χ0) is 31.7. The van der Waals surface area contributed by atoms with Crippen LogP contribution in [0.5, 0.6) is 0 Å². The molecule has 0 aromatic heterocycles. The largest absolute Gasteiger partial charge is 0.446 e. The zero-order valence-corrected chi connectivity index (χ0v) is 29.4. The number of rotatable bonds is 17. The van der Waals surface area contributed by atoms with Crippen LogP contribution < -0.4 is 16.8 Å². The van der Waals surface area contributed by atoms with E-state index in [9.17, 15) is 4.79 Å². The summed E-state index contributed by atoms with van der Waals surface area (Å²) in [6.07, 6.45) is 20.6. The maximum atomic E-state index is 13.3. The summed E-state index contributed by atoms with van der Waals surface area (Å²) >= 11 is 0. The van der Waals surface area contributed by atoms with E-state index in [0.29, 0.717) is 18.5 Å². The molecule has 0 bridgehead atoms. The van der Waals surface area contributed by atoms with Gasteiger partial charge in [-0.1, -0.05) is 65.5 Å². The van der Waals surface area contributed by atoms with Crippen LogP contribution in [0.15, 0.2) is 11.6 Å². The number of nitrogens with zero attached hydrogens (tertiary/aromatic N) is 1. The van der Waals surface area contributed by atoms with Crippen molar-refractivity contribution < 1.29 is 9.53 Å². The van der Waals surface area contributed by atoms with Gasteiger partial charge in [0, 0.05) is 19.5 Å². The van der Waals surface area contributed by atoms with Crippen LogP contribution in [0.4, 0.5) is 4.79 Å². The molecule has 4 aliphatic carbocycles. The topological polar surface area (TPSA) is 93.6 Å². The molecule has 0 aromatic carbocycles. The number of carbonyl (C=O) groups excluding carboxylic acids is 1. The molecule has 1 amide bonds. The van der Waals surface area contributed by atoms with Gasteiger partial charge < -0.3 is 26.4 Å². The minimum absolute atomic E-state index is 0.00749. The van der Waals surface area contributed by atoms with Crippen molar-refractivity contribution in [2.75, 3.05) is 39.3 Å². The number of unbranched alkanes of at least 4 members (excludes halogenated alkanes) is 1. The first kappa shape index (κ1) is 35.7. The first-order chi connectivity index (χ1) is 21.1. The van der Waals surface area contributed by atoms with Crippen molar-refractivity contribution in [3.8, 4) is 0 Å². The Morgan fingerprint density at radius 2 is 1.68 bits per heavy atom. The second-order valence-electron chi connectivity index (χ2n) is 16.3. The van der Waals surface area contributed by atoms with Crippen molar-refractivity contribution in [2.24, 2.45) is 57.8 Å². The van der Waals surface area contributed by atoms with Crippen LogP contribution in [0.3, 0.4) is 0 Å². The molecule has 7 unspecified atom stereocenters. The highest BCUT2D eigenvalue weighted by molar-refractivity contribution is 5.67.